The van der Waals surface area contributed by atoms with Crippen LogP contribution in [0, 0.1) is 0 Å². The first-order chi connectivity index (χ1) is 22.4. The molecular weight excluding hydrogens is 627 g/mol. The third-order valence-electron chi connectivity index (χ3n) is 9.92. The number of hydrogen-bond donors (Lipinski definition) is 2. The number of rotatable bonds is 13. The summed E-state index contributed by atoms with van der Waals surface area (Å²) in [5.74, 6) is 0. The molecule has 0 spiro atoms. The number of unbranched alkanes of at least 4 members (excludes halogenated alkanes) is 2. The van der Waals surface area contributed by atoms with Crippen LogP contribution < -0.4 is 4.90 Å². The molecular formula is C39H51ClN2O4P+. The molecule has 8 heteroatoms. The monoisotopic (exact) mass is 677 g/mol. The van der Waals surface area contributed by atoms with E-state index in [0.29, 0.717) is 6.54 Å². The van der Waals surface area contributed by atoms with Crippen LogP contribution in [0.1, 0.15) is 84.3 Å². The van der Waals surface area contributed by atoms with Gasteiger partial charge >= 0.3 is 7.60 Å². The fraction of sp³-hybridized carbons (Fsp3) is 0.462. The Kier molecular flexibility index (Phi) is 11.2. The second-order valence-corrected chi connectivity index (χ2v) is 16.2. The van der Waals surface area contributed by atoms with Gasteiger partial charge in [0, 0.05) is 59.1 Å². The second-order valence-electron chi connectivity index (χ2n) is 13.8. The normalized spacial score (nSPS) is 21.7. The number of nitrogens with zero attached hydrogens (tertiary/aromatic N) is 2. The minimum atomic E-state index is -3.68. The summed E-state index contributed by atoms with van der Waals surface area (Å²) in [5.41, 5.74) is 9.03. The Labute approximate surface area is 286 Å². The Balaban J connectivity index is 1.46. The third-order valence-corrected chi connectivity index (χ3v) is 11.8. The largest absolute Gasteiger partial charge is 0.396 e. The van der Waals surface area contributed by atoms with Crippen molar-refractivity contribution < 1.29 is 23.7 Å². The summed E-state index contributed by atoms with van der Waals surface area (Å²) in [4.78, 5) is 12.5. The number of benzene rings is 2. The van der Waals surface area contributed by atoms with Crippen LogP contribution in [0.3, 0.4) is 0 Å². The number of fused-ring (bicyclic) bond motifs is 2. The zero-order valence-electron chi connectivity index (χ0n) is 28.6. The second kappa shape index (κ2) is 14.8. The van der Waals surface area contributed by atoms with Crippen LogP contribution >= 0.6 is 19.2 Å². The minimum absolute atomic E-state index is 0.0479. The summed E-state index contributed by atoms with van der Waals surface area (Å²) in [6.07, 6.45) is 14.5. The average Bonchev–Trinajstić information content (AvgIpc) is 3.39. The molecule has 2 aliphatic heterocycles. The van der Waals surface area contributed by atoms with E-state index in [-0.39, 0.29) is 30.2 Å². The minimum Gasteiger partial charge on any atom is -0.396 e. The zero-order valence-corrected chi connectivity index (χ0v) is 30.3. The molecule has 6 nitrogen and oxygen atoms in total. The molecule has 3 aliphatic rings. The Bertz CT molecular complexity index is 1680. The van der Waals surface area contributed by atoms with Crippen molar-refractivity contribution in [2.45, 2.75) is 84.0 Å². The van der Waals surface area contributed by atoms with E-state index in [4.69, 9.17) is 16.1 Å². The van der Waals surface area contributed by atoms with Gasteiger partial charge in [-0.3, -0.25) is 4.57 Å². The van der Waals surface area contributed by atoms with E-state index < -0.39 is 7.60 Å². The summed E-state index contributed by atoms with van der Waals surface area (Å²) in [6.45, 7) is 12.5. The van der Waals surface area contributed by atoms with Gasteiger partial charge in [-0.25, -0.2) is 0 Å². The van der Waals surface area contributed by atoms with Gasteiger partial charge in [-0.1, -0.05) is 74.0 Å². The van der Waals surface area contributed by atoms with Crippen molar-refractivity contribution in [3.63, 3.8) is 0 Å². The smallest absolute Gasteiger partial charge is 0.329 e. The lowest BCUT2D eigenvalue weighted by molar-refractivity contribution is -0.438. The molecule has 2 heterocycles. The van der Waals surface area contributed by atoms with E-state index in [1.54, 1.807) is 6.92 Å². The molecule has 0 saturated carbocycles. The van der Waals surface area contributed by atoms with Crippen molar-refractivity contribution >= 4 is 36.3 Å². The van der Waals surface area contributed by atoms with Crippen molar-refractivity contribution in [1.82, 2.24) is 0 Å². The molecule has 1 atom stereocenters. The molecule has 1 unspecified atom stereocenters. The van der Waals surface area contributed by atoms with Crippen LogP contribution in [0.25, 0.3) is 0 Å². The standard InChI is InChI=1S/C39H50ClN2O4P/c1-6-46-47(44,45)28-26-42-34-20-11-9-18-32(34)39(4,5)36(42)24-22-30-16-14-15-29(37(30)40)21-23-35-38(2,3)31-17-8-10-19-33(31)41(35)25-12-7-13-27-43/h8-11,17-24,43H,6-7,12-16,25-28H2,1-5H3/p+1. The number of halogens is 1. The van der Waals surface area contributed by atoms with Gasteiger partial charge in [0.1, 0.15) is 6.54 Å². The van der Waals surface area contributed by atoms with Crippen molar-refractivity contribution in [3.05, 3.63) is 106 Å². The molecule has 0 bridgehead atoms. The van der Waals surface area contributed by atoms with Crippen molar-refractivity contribution in [2.24, 2.45) is 0 Å². The first kappa shape index (κ1) is 35.6. The highest BCUT2D eigenvalue weighted by molar-refractivity contribution is 7.52. The summed E-state index contributed by atoms with van der Waals surface area (Å²) < 4.78 is 20.3. The third kappa shape index (κ3) is 7.48. The lowest BCUT2D eigenvalue weighted by Crippen LogP contribution is -2.28. The lowest BCUT2D eigenvalue weighted by atomic mass is 9.81. The van der Waals surface area contributed by atoms with E-state index in [2.05, 4.69) is 104 Å². The van der Waals surface area contributed by atoms with E-state index in [9.17, 15) is 14.6 Å². The lowest BCUT2D eigenvalue weighted by Gasteiger charge is -2.28. The Morgan fingerprint density at radius 3 is 2.43 bits per heavy atom. The highest BCUT2D eigenvalue weighted by Gasteiger charge is 2.44. The van der Waals surface area contributed by atoms with Gasteiger partial charge in [-0.2, -0.15) is 4.58 Å². The average molecular weight is 678 g/mol. The van der Waals surface area contributed by atoms with Gasteiger partial charge in [-0.05, 0) is 81.7 Å². The van der Waals surface area contributed by atoms with Gasteiger partial charge in [0.25, 0.3) is 0 Å². The fourth-order valence-corrected chi connectivity index (χ4v) is 8.68. The molecule has 0 aromatic heterocycles. The van der Waals surface area contributed by atoms with Crippen LogP contribution in [-0.2, 0) is 19.9 Å². The molecule has 0 amide bonds. The van der Waals surface area contributed by atoms with Gasteiger partial charge in [0.15, 0.2) is 5.71 Å². The number of hydrogen-bond acceptors (Lipinski definition) is 4. The predicted octanol–water partition coefficient (Wildman–Crippen LogP) is 9.29. The number of anilines is 1. The molecule has 252 valence electrons. The SMILES string of the molecule is CCOP(=O)(O)CCN1/C(=C\C=C2\CCCC(/C=C/C3=[N+](CCCCCO)c4ccccc4C3(C)C)=C2Cl)C(C)(C)c2ccccc21. The molecule has 0 saturated heterocycles. The molecule has 0 fully saturated rings. The molecule has 2 aromatic rings. The van der Waals surface area contributed by atoms with E-state index in [1.165, 1.54) is 22.5 Å². The molecule has 47 heavy (non-hydrogen) atoms. The quantitative estimate of drug-likeness (QED) is 0.126. The highest BCUT2D eigenvalue weighted by atomic mass is 35.5. The van der Waals surface area contributed by atoms with E-state index >= 15 is 0 Å². The topological polar surface area (TPSA) is 73.0 Å². The van der Waals surface area contributed by atoms with Gasteiger partial charge < -0.3 is 19.4 Å². The Hall–Kier alpha value is -2.73. The van der Waals surface area contributed by atoms with Crippen LogP contribution in [0.4, 0.5) is 11.4 Å². The number of allylic oxidation sites excluding steroid dienone is 8. The van der Waals surface area contributed by atoms with Crippen LogP contribution in [0.5, 0.6) is 0 Å². The van der Waals surface area contributed by atoms with Crippen molar-refractivity contribution in [1.29, 1.82) is 0 Å². The van der Waals surface area contributed by atoms with Gasteiger partial charge in [0.05, 0.1) is 18.2 Å². The van der Waals surface area contributed by atoms with Crippen LogP contribution in [0.15, 0.2) is 94.7 Å². The predicted molar refractivity (Wildman–Crippen MR) is 195 cm³/mol. The fourth-order valence-electron chi connectivity index (χ4n) is 7.38. The maximum atomic E-state index is 12.6. The molecule has 2 N–H and O–H groups in total. The Morgan fingerprint density at radius 1 is 0.957 bits per heavy atom. The first-order valence-electron chi connectivity index (χ1n) is 17.1. The van der Waals surface area contributed by atoms with E-state index in [0.717, 1.165) is 72.6 Å². The molecule has 1 aliphatic carbocycles. The Morgan fingerprint density at radius 2 is 1.68 bits per heavy atom. The highest BCUT2D eigenvalue weighted by Crippen LogP contribution is 2.50. The molecule has 5 rings (SSSR count). The summed E-state index contributed by atoms with van der Waals surface area (Å²) in [5, 5.41) is 10.1. The van der Waals surface area contributed by atoms with E-state index in [1.807, 2.05) is 6.07 Å². The molecule has 0 radical (unpaired) electrons. The summed E-state index contributed by atoms with van der Waals surface area (Å²) in [6, 6.07) is 17.0. The first-order valence-corrected chi connectivity index (χ1v) is 19.2. The number of aliphatic hydroxyl groups is 1. The number of para-hydroxylation sites is 2. The maximum absolute atomic E-state index is 12.6. The van der Waals surface area contributed by atoms with Crippen molar-refractivity contribution in [2.75, 3.05) is 37.4 Å². The zero-order chi connectivity index (χ0) is 33.8. The van der Waals surface area contributed by atoms with Gasteiger partial charge in [-0.15, -0.1) is 0 Å². The number of aliphatic hydroxyl groups excluding tert-OH is 1. The van der Waals surface area contributed by atoms with Crippen LogP contribution in [-0.4, -0.2) is 52.8 Å². The maximum Gasteiger partial charge on any atom is 0.329 e. The summed E-state index contributed by atoms with van der Waals surface area (Å²) >= 11 is 7.17. The molecule has 2 aromatic carbocycles. The summed E-state index contributed by atoms with van der Waals surface area (Å²) in [7, 11) is -3.68. The van der Waals surface area contributed by atoms with Crippen molar-refractivity contribution in [3.8, 4) is 0 Å². The van der Waals surface area contributed by atoms with Crippen LogP contribution in [0.2, 0.25) is 0 Å². The van der Waals surface area contributed by atoms with Gasteiger partial charge in [0.2, 0.25) is 5.69 Å².